The van der Waals surface area contributed by atoms with Gasteiger partial charge in [0.25, 0.3) is 5.69 Å². The third kappa shape index (κ3) is 1.72. The minimum absolute atomic E-state index is 0.0309. The fraction of sp³-hybridized carbons (Fsp3) is 0.167. The molecule has 1 aromatic carbocycles. The van der Waals surface area contributed by atoms with Crippen LogP contribution >= 0.6 is 0 Å². The van der Waals surface area contributed by atoms with E-state index in [1.165, 1.54) is 6.07 Å². The molecule has 0 aliphatic carbocycles. The summed E-state index contributed by atoms with van der Waals surface area (Å²) in [7, 11) is 0. The number of nitro groups is 1. The Morgan fingerprint density at radius 3 is 2.94 bits per heavy atom. The second kappa shape index (κ2) is 4.15. The Labute approximate surface area is 103 Å². The molecule has 2 heterocycles. The van der Waals surface area contributed by atoms with Gasteiger partial charge in [0.2, 0.25) is 0 Å². The highest BCUT2D eigenvalue weighted by atomic mass is 16.6. The molecule has 0 unspecified atom stereocenters. The first kappa shape index (κ1) is 10.8. The summed E-state index contributed by atoms with van der Waals surface area (Å²) in [6, 6.07) is 6.51. The van der Waals surface area contributed by atoms with Crippen molar-refractivity contribution < 1.29 is 4.92 Å². The summed E-state index contributed by atoms with van der Waals surface area (Å²) < 4.78 is 0. The highest BCUT2D eigenvalue weighted by Crippen LogP contribution is 2.27. The zero-order valence-corrected chi connectivity index (χ0v) is 9.46. The molecule has 0 amide bonds. The molecule has 6 heteroatoms. The number of para-hydroxylation sites is 1. The minimum Gasteiger partial charge on any atom is -0.307 e. The first-order chi connectivity index (χ1) is 8.75. The molecule has 3 rings (SSSR count). The first-order valence-corrected chi connectivity index (χ1v) is 5.55. The Kier molecular flexibility index (Phi) is 2.49. The van der Waals surface area contributed by atoms with Crippen LogP contribution in [0.2, 0.25) is 0 Å². The van der Waals surface area contributed by atoms with E-state index in [-0.39, 0.29) is 5.69 Å². The van der Waals surface area contributed by atoms with Crippen LogP contribution in [0.25, 0.3) is 11.4 Å². The molecule has 1 aliphatic heterocycles. The van der Waals surface area contributed by atoms with Crippen molar-refractivity contribution >= 4 is 5.69 Å². The Morgan fingerprint density at radius 1 is 1.28 bits per heavy atom. The van der Waals surface area contributed by atoms with Crippen LogP contribution in [0.1, 0.15) is 11.3 Å². The monoisotopic (exact) mass is 242 g/mol. The Morgan fingerprint density at radius 2 is 2.11 bits per heavy atom. The number of hydrogen-bond donors (Lipinski definition) is 1. The van der Waals surface area contributed by atoms with E-state index in [1.54, 1.807) is 24.4 Å². The normalized spacial score (nSPS) is 13.3. The fourth-order valence-electron chi connectivity index (χ4n) is 2.01. The highest BCUT2D eigenvalue weighted by Gasteiger charge is 2.19. The number of hydrogen-bond acceptors (Lipinski definition) is 5. The molecule has 0 bridgehead atoms. The lowest BCUT2D eigenvalue weighted by Gasteiger charge is -2.03. The number of rotatable bonds is 2. The molecular formula is C12H10N4O2. The average Bonchev–Trinajstić information content (AvgIpc) is 2.85. The summed E-state index contributed by atoms with van der Waals surface area (Å²) in [6.07, 6.45) is 1.73. The summed E-state index contributed by atoms with van der Waals surface area (Å²) in [4.78, 5) is 19.2. The van der Waals surface area contributed by atoms with Gasteiger partial charge in [0, 0.05) is 30.9 Å². The maximum Gasteiger partial charge on any atom is 0.280 e. The van der Waals surface area contributed by atoms with E-state index < -0.39 is 4.92 Å². The van der Waals surface area contributed by atoms with E-state index in [0.29, 0.717) is 17.9 Å². The number of nitro benzene ring substituents is 1. The smallest absolute Gasteiger partial charge is 0.280 e. The average molecular weight is 242 g/mol. The second-order valence-electron chi connectivity index (χ2n) is 4.04. The summed E-state index contributed by atoms with van der Waals surface area (Å²) in [5, 5.41) is 14.1. The molecular weight excluding hydrogens is 232 g/mol. The fourth-order valence-corrected chi connectivity index (χ4v) is 2.01. The van der Waals surface area contributed by atoms with Crippen molar-refractivity contribution in [2.24, 2.45) is 0 Å². The molecule has 1 N–H and O–H groups in total. The largest absolute Gasteiger partial charge is 0.307 e. The van der Waals surface area contributed by atoms with E-state index in [1.807, 2.05) is 0 Å². The van der Waals surface area contributed by atoms with Crippen LogP contribution in [-0.4, -0.2) is 14.9 Å². The van der Waals surface area contributed by atoms with Gasteiger partial charge in [-0.05, 0) is 6.07 Å². The second-order valence-corrected chi connectivity index (χ2v) is 4.04. The van der Waals surface area contributed by atoms with E-state index >= 15 is 0 Å². The van der Waals surface area contributed by atoms with Gasteiger partial charge in [-0.15, -0.1) is 0 Å². The Balaban J connectivity index is 2.13. The molecule has 90 valence electrons. The SMILES string of the molecule is O=[N+]([O-])c1ccccc1-c1ncc2c(n1)CNC2. The van der Waals surface area contributed by atoms with Gasteiger partial charge in [0.05, 0.1) is 16.2 Å². The number of benzene rings is 1. The lowest BCUT2D eigenvalue weighted by atomic mass is 10.1. The van der Waals surface area contributed by atoms with Gasteiger partial charge in [0.15, 0.2) is 5.82 Å². The molecule has 0 fully saturated rings. The molecule has 0 saturated heterocycles. The summed E-state index contributed by atoms with van der Waals surface area (Å²) in [5.41, 5.74) is 2.45. The van der Waals surface area contributed by atoms with E-state index in [0.717, 1.165) is 17.8 Å². The zero-order valence-electron chi connectivity index (χ0n) is 9.46. The zero-order chi connectivity index (χ0) is 12.5. The molecule has 0 radical (unpaired) electrons. The van der Waals surface area contributed by atoms with Crippen LogP contribution in [0.3, 0.4) is 0 Å². The van der Waals surface area contributed by atoms with Crippen LogP contribution in [0.15, 0.2) is 30.5 Å². The predicted octanol–water partition coefficient (Wildman–Crippen LogP) is 1.65. The van der Waals surface area contributed by atoms with Crippen molar-refractivity contribution in [1.29, 1.82) is 0 Å². The molecule has 0 spiro atoms. The van der Waals surface area contributed by atoms with Gasteiger partial charge in [-0.2, -0.15) is 0 Å². The Bertz CT molecular complexity index is 627. The number of nitrogens with zero attached hydrogens (tertiary/aromatic N) is 3. The molecule has 2 aromatic rings. The quantitative estimate of drug-likeness (QED) is 0.639. The lowest BCUT2D eigenvalue weighted by Crippen LogP contribution is -2.01. The lowest BCUT2D eigenvalue weighted by molar-refractivity contribution is -0.384. The highest BCUT2D eigenvalue weighted by molar-refractivity contribution is 5.67. The van der Waals surface area contributed by atoms with E-state index in [9.17, 15) is 10.1 Å². The summed E-state index contributed by atoms with van der Waals surface area (Å²) in [6.45, 7) is 1.44. The maximum absolute atomic E-state index is 11.0. The van der Waals surface area contributed by atoms with Crippen molar-refractivity contribution in [3.8, 4) is 11.4 Å². The van der Waals surface area contributed by atoms with Crippen molar-refractivity contribution in [3.63, 3.8) is 0 Å². The van der Waals surface area contributed by atoms with Crippen LogP contribution in [0.5, 0.6) is 0 Å². The van der Waals surface area contributed by atoms with Crippen molar-refractivity contribution in [2.75, 3.05) is 0 Å². The summed E-state index contributed by atoms with van der Waals surface area (Å²) in [5.74, 6) is 0.407. The van der Waals surface area contributed by atoms with Crippen molar-refractivity contribution in [1.82, 2.24) is 15.3 Å². The summed E-state index contributed by atoms with van der Waals surface area (Å²) >= 11 is 0. The predicted molar refractivity (Wildman–Crippen MR) is 64.7 cm³/mol. The van der Waals surface area contributed by atoms with Crippen LogP contribution < -0.4 is 5.32 Å². The van der Waals surface area contributed by atoms with Gasteiger partial charge >= 0.3 is 0 Å². The standard InChI is InChI=1S/C12H10N4O2/c17-16(18)11-4-2-1-3-9(11)12-14-6-8-5-13-7-10(8)15-12/h1-4,6,13H,5,7H2. The van der Waals surface area contributed by atoms with Gasteiger partial charge in [-0.25, -0.2) is 9.97 Å². The Hall–Kier alpha value is -2.34. The van der Waals surface area contributed by atoms with Gasteiger partial charge < -0.3 is 5.32 Å². The van der Waals surface area contributed by atoms with Gasteiger partial charge in [-0.3, -0.25) is 10.1 Å². The van der Waals surface area contributed by atoms with Crippen LogP contribution in [-0.2, 0) is 13.1 Å². The molecule has 0 saturated carbocycles. The topological polar surface area (TPSA) is 81.0 Å². The third-order valence-electron chi connectivity index (χ3n) is 2.90. The first-order valence-electron chi connectivity index (χ1n) is 5.55. The van der Waals surface area contributed by atoms with E-state index in [4.69, 9.17) is 0 Å². The van der Waals surface area contributed by atoms with Crippen molar-refractivity contribution in [3.05, 3.63) is 51.8 Å². The number of aromatic nitrogens is 2. The maximum atomic E-state index is 11.0. The van der Waals surface area contributed by atoms with Crippen molar-refractivity contribution in [2.45, 2.75) is 13.1 Å². The van der Waals surface area contributed by atoms with Gasteiger partial charge in [0.1, 0.15) is 0 Å². The number of nitrogens with one attached hydrogen (secondary N) is 1. The third-order valence-corrected chi connectivity index (χ3v) is 2.90. The van der Waals surface area contributed by atoms with E-state index in [2.05, 4.69) is 15.3 Å². The molecule has 1 aromatic heterocycles. The van der Waals surface area contributed by atoms with Crippen LogP contribution in [0.4, 0.5) is 5.69 Å². The molecule has 18 heavy (non-hydrogen) atoms. The molecule has 6 nitrogen and oxygen atoms in total. The number of fused-ring (bicyclic) bond motifs is 1. The molecule has 0 atom stereocenters. The minimum atomic E-state index is -0.413. The molecule has 1 aliphatic rings. The van der Waals surface area contributed by atoms with Gasteiger partial charge in [-0.1, -0.05) is 12.1 Å². The van der Waals surface area contributed by atoms with Crippen LogP contribution in [0, 0.1) is 10.1 Å².